The normalized spacial score (nSPS) is 10.5. The molecule has 0 saturated heterocycles. The second-order valence-electron chi connectivity index (χ2n) is 5.85. The van der Waals surface area contributed by atoms with Gasteiger partial charge >= 0.3 is 0 Å². The first-order valence-electron chi connectivity index (χ1n) is 8.15. The molecule has 0 radical (unpaired) electrons. The van der Waals surface area contributed by atoms with E-state index in [9.17, 15) is 9.59 Å². The van der Waals surface area contributed by atoms with Crippen molar-refractivity contribution in [3.63, 3.8) is 0 Å². The van der Waals surface area contributed by atoms with E-state index < -0.39 is 0 Å². The molecule has 3 rings (SSSR count). The average Bonchev–Trinajstić information content (AvgIpc) is 2.67. The number of nitrogens with one attached hydrogen (secondary N) is 1. The van der Waals surface area contributed by atoms with Crippen LogP contribution < -0.4 is 10.3 Å². The number of aromatic amines is 1. The highest BCUT2D eigenvalue weighted by molar-refractivity contribution is 6.04. The Labute approximate surface area is 150 Å². The minimum absolute atomic E-state index is 0.230. The van der Waals surface area contributed by atoms with E-state index in [0.29, 0.717) is 23.9 Å². The first-order valence-corrected chi connectivity index (χ1v) is 8.15. The van der Waals surface area contributed by atoms with Gasteiger partial charge in [0.15, 0.2) is 5.69 Å². The predicted molar refractivity (Wildman–Crippen MR) is 100 cm³/mol. The number of nitrogens with zero attached hydrogens (tertiary/aromatic N) is 2. The molecule has 26 heavy (non-hydrogen) atoms. The second-order valence-corrected chi connectivity index (χ2v) is 5.85. The van der Waals surface area contributed by atoms with E-state index in [0.717, 1.165) is 11.3 Å². The fraction of sp³-hybridized carbons (Fsp3) is 0.150. The van der Waals surface area contributed by atoms with Crippen LogP contribution in [0.4, 0.5) is 0 Å². The fourth-order valence-electron chi connectivity index (χ4n) is 2.65. The molecular formula is C20H19N3O3. The highest BCUT2D eigenvalue weighted by Crippen LogP contribution is 2.17. The number of amides is 1. The fourth-order valence-corrected chi connectivity index (χ4v) is 2.65. The van der Waals surface area contributed by atoms with E-state index in [4.69, 9.17) is 4.74 Å². The standard InChI is InChI=1S/C20H19N3O3/c1-3-12-26-15-10-8-14(9-11-15)13-23(2)20(25)18-16-6-4-5-7-17(16)19(24)22-21-18/h3-11H,1,12-13H2,2H3,(H,22,24). The Bertz CT molecular complexity index is 993. The van der Waals surface area contributed by atoms with Crippen LogP contribution in [0.1, 0.15) is 16.1 Å². The number of fused-ring (bicyclic) bond motifs is 1. The summed E-state index contributed by atoms with van der Waals surface area (Å²) in [6.45, 7) is 4.47. The number of H-pyrrole nitrogens is 1. The van der Waals surface area contributed by atoms with Gasteiger partial charge in [-0.3, -0.25) is 9.59 Å². The summed E-state index contributed by atoms with van der Waals surface area (Å²) in [6.07, 6.45) is 1.68. The van der Waals surface area contributed by atoms with E-state index in [1.54, 1.807) is 42.3 Å². The molecule has 0 saturated carbocycles. The van der Waals surface area contributed by atoms with Crippen molar-refractivity contribution < 1.29 is 9.53 Å². The van der Waals surface area contributed by atoms with Gasteiger partial charge in [-0.25, -0.2) is 5.10 Å². The molecule has 1 aromatic heterocycles. The number of hydrogen-bond donors (Lipinski definition) is 1. The Morgan fingerprint density at radius 1 is 1.19 bits per heavy atom. The van der Waals surface area contributed by atoms with Crippen LogP contribution in [0.15, 0.2) is 66.0 Å². The van der Waals surface area contributed by atoms with Crippen LogP contribution in [-0.2, 0) is 6.54 Å². The lowest BCUT2D eigenvalue weighted by Crippen LogP contribution is -2.28. The smallest absolute Gasteiger partial charge is 0.274 e. The highest BCUT2D eigenvalue weighted by atomic mass is 16.5. The van der Waals surface area contributed by atoms with E-state index >= 15 is 0 Å². The number of carbonyl (C=O) groups is 1. The maximum Gasteiger partial charge on any atom is 0.274 e. The molecule has 0 fully saturated rings. The Balaban J connectivity index is 1.79. The van der Waals surface area contributed by atoms with Crippen molar-refractivity contribution >= 4 is 16.7 Å². The summed E-state index contributed by atoms with van der Waals surface area (Å²) in [6, 6.07) is 14.4. The first-order chi connectivity index (χ1) is 12.6. The summed E-state index contributed by atoms with van der Waals surface area (Å²) in [4.78, 5) is 26.2. The summed E-state index contributed by atoms with van der Waals surface area (Å²) in [5.41, 5.74) is 0.879. The van der Waals surface area contributed by atoms with Crippen molar-refractivity contribution in [3.8, 4) is 5.75 Å². The molecular weight excluding hydrogens is 330 g/mol. The maximum absolute atomic E-state index is 12.8. The van der Waals surface area contributed by atoms with Gasteiger partial charge in [-0.15, -0.1) is 0 Å². The molecule has 0 aliphatic rings. The number of ether oxygens (including phenoxy) is 1. The van der Waals surface area contributed by atoms with Gasteiger partial charge < -0.3 is 9.64 Å². The summed E-state index contributed by atoms with van der Waals surface area (Å²) in [7, 11) is 1.70. The van der Waals surface area contributed by atoms with E-state index in [-0.39, 0.29) is 17.2 Å². The molecule has 132 valence electrons. The number of benzene rings is 2. The lowest BCUT2D eigenvalue weighted by molar-refractivity contribution is 0.0780. The Morgan fingerprint density at radius 2 is 1.88 bits per heavy atom. The zero-order valence-corrected chi connectivity index (χ0v) is 14.4. The van der Waals surface area contributed by atoms with Gasteiger partial charge in [0.2, 0.25) is 0 Å². The molecule has 0 atom stereocenters. The van der Waals surface area contributed by atoms with E-state index in [2.05, 4.69) is 16.8 Å². The monoisotopic (exact) mass is 349 g/mol. The SMILES string of the molecule is C=CCOc1ccc(CN(C)C(=O)c2n[nH]c(=O)c3ccccc23)cc1. The molecule has 0 unspecified atom stereocenters. The van der Waals surface area contributed by atoms with Crippen LogP contribution in [0.5, 0.6) is 5.75 Å². The van der Waals surface area contributed by atoms with Gasteiger partial charge in [0, 0.05) is 19.0 Å². The van der Waals surface area contributed by atoms with Crippen LogP contribution >= 0.6 is 0 Å². The molecule has 0 aliphatic heterocycles. The molecule has 1 heterocycles. The van der Waals surface area contributed by atoms with Crippen LogP contribution in [-0.4, -0.2) is 34.7 Å². The minimum atomic E-state index is -0.310. The molecule has 1 amide bonds. The highest BCUT2D eigenvalue weighted by Gasteiger charge is 2.18. The van der Waals surface area contributed by atoms with Crippen LogP contribution in [0.2, 0.25) is 0 Å². The third kappa shape index (κ3) is 3.64. The van der Waals surface area contributed by atoms with Gasteiger partial charge in [0.1, 0.15) is 12.4 Å². The Hall–Kier alpha value is -3.41. The third-order valence-corrected chi connectivity index (χ3v) is 3.96. The van der Waals surface area contributed by atoms with Gasteiger partial charge in [-0.2, -0.15) is 5.10 Å². The molecule has 6 nitrogen and oxygen atoms in total. The predicted octanol–water partition coefficient (Wildman–Crippen LogP) is 2.76. The molecule has 1 N–H and O–H groups in total. The van der Waals surface area contributed by atoms with Gasteiger partial charge in [0.25, 0.3) is 11.5 Å². The second kappa shape index (κ2) is 7.65. The summed E-state index contributed by atoms with van der Waals surface area (Å²) in [5.74, 6) is 0.486. The van der Waals surface area contributed by atoms with Gasteiger partial charge in [-0.1, -0.05) is 43.0 Å². The topological polar surface area (TPSA) is 75.3 Å². The van der Waals surface area contributed by atoms with E-state index in [1.165, 1.54) is 0 Å². The Kier molecular flexibility index (Phi) is 5.12. The van der Waals surface area contributed by atoms with Crippen molar-refractivity contribution in [2.24, 2.45) is 0 Å². The lowest BCUT2D eigenvalue weighted by atomic mass is 10.1. The third-order valence-electron chi connectivity index (χ3n) is 3.96. The molecule has 0 spiro atoms. The number of carbonyl (C=O) groups excluding carboxylic acids is 1. The van der Waals surface area contributed by atoms with Gasteiger partial charge in [-0.05, 0) is 23.8 Å². The van der Waals surface area contributed by atoms with Crippen molar-refractivity contribution in [3.05, 3.63) is 82.8 Å². The largest absolute Gasteiger partial charge is 0.490 e. The van der Waals surface area contributed by atoms with Crippen LogP contribution in [0.25, 0.3) is 10.8 Å². The molecule has 3 aromatic rings. The summed E-state index contributed by atoms with van der Waals surface area (Å²) < 4.78 is 5.45. The number of aromatic nitrogens is 2. The van der Waals surface area contributed by atoms with E-state index in [1.807, 2.05) is 24.3 Å². The zero-order chi connectivity index (χ0) is 18.5. The first kappa shape index (κ1) is 17.4. The summed E-state index contributed by atoms with van der Waals surface area (Å²) in [5, 5.41) is 7.34. The summed E-state index contributed by atoms with van der Waals surface area (Å²) >= 11 is 0. The van der Waals surface area contributed by atoms with Gasteiger partial charge in [0.05, 0.1) is 5.39 Å². The number of rotatable bonds is 6. The molecule has 0 aliphatic carbocycles. The molecule has 0 bridgehead atoms. The van der Waals surface area contributed by atoms with Crippen LogP contribution in [0.3, 0.4) is 0 Å². The van der Waals surface area contributed by atoms with Crippen molar-refractivity contribution in [1.82, 2.24) is 15.1 Å². The van der Waals surface area contributed by atoms with Crippen molar-refractivity contribution in [2.75, 3.05) is 13.7 Å². The minimum Gasteiger partial charge on any atom is -0.490 e. The quantitative estimate of drug-likeness (QED) is 0.695. The molecule has 6 heteroatoms. The van der Waals surface area contributed by atoms with Crippen LogP contribution in [0, 0.1) is 0 Å². The zero-order valence-electron chi connectivity index (χ0n) is 14.4. The van der Waals surface area contributed by atoms with Crippen molar-refractivity contribution in [1.29, 1.82) is 0 Å². The maximum atomic E-state index is 12.8. The average molecular weight is 349 g/mol. The Morgan fingerprint density at radius 3 is 2.58 bits per heavy atom. The number of hydrogen-bond acceptors (Lipinski definition) is 4. The molecule has 2 aromatic carbocycles. The van der Waals surface area contributed by atoms with Crippen molar-refractivity contribution in [2.45, 2.75) is 6.54 Å². The lowest BCUT2D eigenvalue weighted by Gasteiger charge is -2.17.